The Morgan fingerprint density at radius 2 is 1.70 bits per heavy atom. The monoisotopic (exact) mass is 943 g/mol. The van der Waals surface area contributed by atoms with E-state index in [-0.39, 0.29) is 41.6 Å². The number of aromatic nitrogens is 4. The molecule has 346 valence electrons. The van der Waals surface area contributed by atoms with Crippen molar-refractivity contribution in [3.8, 4) is 0 Å². The zero-order chi connectivity index (χ0) is 45.4. The number of phosphoric acid groups is 3. The van der Waals surface area contributed by atoms with Crippen LogP contribution in [0.2, 0.25) is 0 Å². The molecule has 2 aromatic heterocycles. The Labute approximate surface area is 356 Å². The maximum Gasteiger partial charge on any atom is 0.274 e. The van der Waals surface area contributed by atoms with E-state index in [0.29, 0.717) is 12.2 Å². The molecule has 28 heteroatoms. The molecule has 2 aromatic rings. The second kappa shape index (κ2) is 24.4. The molecule has 0 aromatic carbocycles. The number of carbonyl (C=O) groups is 3. The SMILES string of the molecule is CCCCCCCC/C=C\CC(=O)SCCNC(=O)CCNC(=O)[C@H](O)C(C)(C)COP(=O)([O-])OP(=O)([O-])OC[C@H]1O[C@@H](n2cnc3c(N)ncnc32)[C@H](O)[C@@H]1OP(=O)([O-])[O-]. The van der Waals surface area contributed by atoms with Gasteiger partial charge in [-0.05, 0) is 12.8 Å². The molecule has 0 spiro atoms. The molecule has 6 N–H and O–H groups in total. The van der Waals surface area contributed by atoms with Crippen molar-refractivity contribution in [1.82, 2.24) is 30.2 Å². The van der Waals surface area contributed by atoms with Crippen LogP contribution < -0.4 is 35.9 Å². The number of carbonyl (C=O) groups excluding carboxylic acids is 3. The lowest BCUT2D eigenvalue weighted by atomic mass is 9.87. The summed E-state index contributed by atoms with van der Waals surface area (Å²) in [7, 11) is -17.6. The highest BCUT2D eigenvalue weighted by molar-refractivity contribution is 8.13. The molecule has 0 radical (unpaired) electrons. The highest BCUT2D eigenvalue weighted by Crippen LogP contribution is 2.56. The molecule has 1 aliphatic heterocycles. The van der Waals surface area contributed by atoms with Gasteiger partial charge in [0.15, 0.2) is 22.8 Å². The van der Waals surface area contributed by atoms with Gasteiger partial charge in [-0.1, -0.05) is 76.8 Å². The van der Waals surface area contributed by atoms with E-state index in [1.54, 1.807) is 0 Å². The highest BCUT2D eigenvalue weighted by Gasteiger charge is 2.47. The standard InChI is InChI=1S/C33H56N7O17P3S/c1-4-5-6-7-8-9-10-11-12-13-24(42)61-17-16-35-23(41)14-15-36-31(45)28(44)33(2,3)19-54-60(51,52)57-59(49,50)53-18-22-27(56-58(46,47)48)26(43)32(55-22)40-21-39-25-29(34)37-20-38-30(25)40/h11-12,20-22,26-28,32,43-44H,4-10,13-19H2,1-3H3,(H,35,41)(H,36,45)(H,49,50)(H,51,52)(H2,34,37,38)(H2,46,47,48)/p-4/b12-11-/t22-,26-,27-,28+,32-/m1/s1. The van der Waals surface area contributed by atoms with Crippen molar-refractivity contribution in [2.45, 2.75) is 109 Å². The largest absolute Gasteiger partial charge is 0.790 e. The Balaban J connectivity index is 1.40. The van der Waals surface area contributed by atoms with Crippen LogP contribution in [0.3, 0.4) is 0 Å². The van der Waals surface area contributed by atoms with Crippen LogP contribution in [0.1, 0.15) is 84.8 Å². The predicted octanol–water partition coefficient (Wildman–Crippen LogP) is -0.166. The third kappa shape index (κ3) is 18.1. The van der Waals surface area contributed by atoms with E-state index < -0.39 is 84.6 Å². The maximum atomic E-state index is 12.6. The van der Waals surface area contributed by atoms with Gasteiger partial charge in [0.25, 0.3) is 15.6 Å². The van der Waals surface area contributed by atoms with Gasteiger partial charge in [-0.25, -0.2) is 19.3 Å². The van der Waals surface area contributed by atoms with E-state index in [4.69, 9.17) is 10.5 Å². The number of nitrogens with two attached hydrogens (primary N) is 1. The third-order valence-electron chi connectivity index (χ3n) is 8.92. The Morgan fingerprint density at radius 1 is 1.02 bits per heavy atom. The van der Waals surface area contributed by atoms with E-state index >= 15 is 0 Å². The molecule has 61 heavy (non-hydrogen) atoms. The number of unbranched alkanes of at least 4 members (excludes halogenated alkanes) is 6. The Bertz CT molecular complexity index is 1940. The number of rotatable bonds is 28. The number of imidazole rings is 1. The van der Waals surface area contributed by atoms with Crippen molar-refractivity contribution < 1.29 is 80.5 Å². The number of allylic oxidation sites excluding steroid dienone is 2. The number of hydrogen-bond acceptors (Lipinski definition) is 22. The summed E-state index contributed by atoms with van der Waals surface area (Å²) in [6, 6.07) is 0. The number of phosphoric ester groups is 3. The second-order valence-corrected chi connectivity index (χ2v) is 19.7. The van der Waals surface area contributed by atoms with Gasteiger partial charge in [-0.2, -0.15) is 0 Å². The molecule has 0 saturated carbocycles. The van der Waals surface area contributed by atoms with Gasteiger partial charge >= 0.3 is 0 Å². The molecule has 3 rings (SSSR count). The molecule has 0 aliphatic carbocycles. The summed E-state index contributed by atoms with van der Waals surface area (Å²) in [6.45, 7) is 2.30. The number of aliphatic hydroxyl groups excluding tert-OH is 2. The quantitative estimate of drug-likeness (QED) is 0.0420. The first kappa shape index (κ1) is 52.6. The van der Waals surface area contributed by atoms with Gasteiger partial charge in [0.05, 0.1) is 27.4 Å². The topological polar surface area (TPSA) is 375 Å². The Morgan fingerprint density at radius 3 is 2.41 bits per heavy atom. The van der Waals surface area contributed by atoms with Crippen LogP contribution in [0, 0.1) is 5.41 Å². The fourth-order valence-corrected chi connectivity index (χ4v) is 9.05. The second-order valence-electron chi connectivity index (χ2n) is 14.4. The molecular weight excluding hydrogens is 891 g/mol. The average Bonchev–Trinajstić information content (AvgIpc) is 3.73. The minimum absolute atomic E-state index is 0.0201. The number of ether oxygens (including phenoxy) is 1. The van der Waals surface area contributed by atoms with Crippen LogP contribution >= 0.6 is 35.2 Å². The molecule has 24 nitrogen and oxygen atoms in total. The van der Waals surface area contributed by atoms with Crippen LogP contribution in [-0.4, -0.2) is 103 Å². The van der Waals surface area contributed by atoms with E-state index in [1.807, 2.05) is 12.2 Å². The number of anilines is 1. The summed E-state index contributed by atoms with van der Waals surface area (Å²) in [4.78, 5) is 96.4. The first-order valence-corrected chi connectivity index (χ1v) is 24.5. The minimum Gasteiger partial charge on any atom is -0.790 e. The zero-order valence-corrected chi connectivity index (χ0v) is 37.2. The van der Waals surface area contributed by atoms with Crippen molar-refractivity contribution in [2.24, 2.45) is 5.41 Å². The molecule has 1 saturated heterocycles. The van der Waals surface area contributed by atoms with E-state index in [2.05, 4.69) is 50.4 Å². The van der Waals surface area contributed by atoms with Gasteiger partial charge in [-0.3, -0.25) is 28.1 Å². The van der Waals surface area contributed by atoms with Crippen LogP contribution in [-0.2, 0) is 50.7 Å². The predicted molar refractivity (Wildman–Crippen MR) is 210 cm³/mol. The molecule has 7 atom stereocenters. The first-order chi connectivity index (χ1) is 28.6. The number of fused-ring (bicyclic) bond motifs is 1. The lowest BCUT2D eigenvalue weighted by molar-refractivity contribution is -0.347. The minimum atomic E-state index is -5.92. The molecule has 2 amide bonds. The summed E-state index contributed by atoms with van der Waals surface area (Å²) in [5.41, 5.74) is 4.08. The average molecular weight is 944 g/mol. The maximum absolute atomic E-state index is 12.6. The van der Waals surface area contributed by atoms with Crippen LogP contribution in [0.4, 0.5) is 5.82 Å². The van der Waals surface area contributed by atoms with Crippen molar-refractivity contribution >= 4 is 69.1 Å². The van der Waals surface area contributed by atoms with E-state index in [1.165, 1.54) is 46.0 Å². The summed E-state index contributed by atoms with van der Waals surface area (Å²) in [5.74, 6) is -1.19. The van der Waals surface area contributed by atoms with Crippen LogP contribution in [0.15, 0.2) is 24.8 Å². The van der Waals surface area contributed by atoms with Gasteiger partial charge in [0, 0.05) is 37.1 Å². The summed E-state index contributed by atoms with van der Waals surface area (Å²) >= 11 is 1.08. The number of nitrogen functional groups attached to an aromatic ring is 1. The summed E-state index contributed by atoms with van der Waals surface area (Å²) in [6.07, 6.45) is 4.68. The molecule has 0 bridgehead atoms. The summed E-state index contributed by atoms with van der Waals surface area (Å²) < 4.78 is 60.6. The van der Waals surface area contributed by atoms with E-state index in [9.17, 15) is 57.9 Å². The summed E-state index contributed by atoms with van der Waals surface area (Å²) in [5, 5.41) is 26.3. The van der Waals surface area contributed by atoms with Crippen molar-refractivity contribution in [1.29, 1.82) is 0 Å². The fraction of sp³-hybridized carbons (Fsp3) is 0.697. The number of hydrogen-bond donors (Lipinski definition) is 5. The van der Waals surface area contributed by atoms with Gasteiger partial charge < -0.3 is 69.0 Å². The molecule has 2 unspecified atom stereocenters. The molecule has 1 fully saturated rings. The van der Waals surface area contributed by atoms with Gasteiger partial charge in [-0.15, -0.1) is 0 Å². The fourth-order valence-electron chi connectivity index (χ4n) is 5.67. The van der Waals surface area contributed by atoms with Gasteiger partial charge in [0.2, 0.25) is 11.8 Å². The smallest absolute Gasteiger partial charge is 0.274 e. The van der Waals surface area contributed by atoms with Crippen molar-refractivity contribution in [3.63, 3.8) is 0 Å². The van der Waals surface area contributed by atoms with Crippen LogP contribution in [0.25, 0.3) is 11.2 Å². The Kier molecular flexibility index (Phi) is 21.0. The first-order valence-electron chi connectivity index (χ1n) is 19.2. The molecule has 1 aliphatic rings. The van der Waals surface area contributed by atoms with Gasteiger partial charge in [0.1, 0.15) is 36.3 Å². The number of aliphatic hydroxyl groups is 2. The number of amides is 2. The number of nitrogens with zero attached hydrogens (tertiary/aromatic N) is 4. The molecule has 3 heterocycles. The van der Waals surface area contributed by atoms with E-state index in [0.717, 1.165) is 41.8 Å². The highest BCUT2D eigenvalue weighted by atomic mass is 32.2. The lowest BCUT2D eigenvalue weighted by Gasteiger charge is -2.36. The van der Waals surface area contributed by atoms with Crippen LogP contribution in [0.5, 0.6) is 0 Å². The Hall–Kier alpha value is -2.70. The number of thioether (sulfide) groups is 1. The van der Waals surface area contributed by atoms with Crippen molar-refractivity contribution in [2.75, 3.05) is 37.8 Å². The zero-order valence-electron chi connectivity index (χ0n) is 33.7. The number of nitrogens with one attached hydrogen (secondary N) is 2. The van der Waals surface area contributed by atoms with Crippen molar-refractivity contribution in [3.05, 3.63) is 24.8 Å². The normalized spacial score (nSPS) is 21.0. The molecular formula is C33H52N7O17P3S-4. The lowest BCUT2D eigenvalue weighted by Crippen LogP contribution is -2.46. The third-order valence-corrected chi connectivity index (χ3v) is 12.8.